The molecule has 0 radical (unpaired) electrons. The van der Waals surface area contributed by atoms with Crippen molar-refractivity contribution in [1.29, 1.82) is 0 Å². The lowest BCUT2D eigenvalue weighted by Gasteiger charge is -2.01. The Morgan fingerprint density at radius 3 is 2.41 bits per heavy atom. The summed E-state index contributed by atoms with van der Waals surface area (Å²) in [5, 5.41) is 9.67. The number of nitrogens with zero attached hydrogens (tertiary/aromatic N) is 1. The zero-order valence-corrected chi connectivity index (χ0v) is 11.5. The standard InChI is InChI=1S/C17H13F2NO2/c18-17(19)20-10-13(14-3-1-2-4-15(14)20)9-11-5-7-12(8-6-11)16(21)22/h1-8,10,17H,9H2,(H,21,22). The number of carbonyl (C=O) groups is 1. The Balaban J connectivity index is 1.98. The molecular formula is C17H13F2NO2. The lowest BCUT2D eigenvalue weighted by atomic mass is 10.0. The van der Waals surface area contributed by atoms with Gasteiger partial charge in [-0.1, -0.05) is 30.3 Å². The van der Waals surface area contributed by atoms with Gasteiger partial charge in [0.2, 0.25) is 0 Å². The fourth-order valence-corrected chi connectivity index (χ4v) is 2.56. The molecule has 0 atom stereocenters. The highest BCUT2D eigenvalue weighted by Gasteiger charge is 2.14. The maximum atomic E-state index is 13.1. The van der Waals surface area contributed by atoms with Gasteiger partial charge < -0.3 is 5.11 Å². The molecule has 112 valence electrons. The van der Waals surface area contributed by atoms with Crippen molar-refractivity contribution in [3.05, 3.63) is 71.4 Å². The van der Waals surface area contributed by atoms with Gasteiger partial charge in [0.05, 0.1) is 11.1 Å². The number of carboxylic acid groups (broad SMARTS) is 1. The number of hydrogen-bond donors (Lipinski definition) is 1. The van der Waals surface area contributed by atoms with E-state index >= 15 is 0 Å². The van der Waals surface area contributed by atoms with E-state index in [-0.39, 0.29) is 5.56 Å². The molecule has 0 aliphatic heterocycles. The molecule has 0 aliphatic carbocycles. The van der Waals surface area contributed by atoms with E-state index in [0.29, 0.717) is 11.9 Å². The van der Waals surface area contributed by atoms with Crippen LogP contribution in [0.25, 0.3) is 10.9 Å². The molecule has 0 saturated carbocycles. The van der Waals surface area contributed by atoms with Gasteiger partial charge >= 0.3 is 12.5 Å². The first kappa shape index (κ1) is 14.3. The minimum atomic E-state index is -2.59. The molecule has 5 heteroatoms. The summed E-state index contributed by atoms with van der Waals surface area (Å²) in [5.41, 5.74) is 2.37. The summed E-state index contributed by atoms with van der Waals surface area (Å²) in [6.07, 6.45) is 1.93. The van der Waals surface area contributed by atoms with E-state index in [4.69, 9.17) is 5.11 Å². The Labute approximate surface area is 125 Å². The number of aromatic nitrogens is 1. The quantitative estimate of drug-likeness (QED) is 0.779. The summed E-state index contributed by atoms with van der Waals surface area (Å²) in [7, 11) is 0. The second kappa shape index (κ2) is 5.60. The zero-order valence-electron chi connectivity index (χ0n) is 11.5. The normalized spacial score (nSPS) is 11.2. The molecule has 2 aromatic carbocycles. The molecule has 3 aromatic rings. The maximum absolute atomic E-state index is 13.1. The minimum Gasteiger partial charge on any atom is -0.478 e. The minimum absolute atomic E-state index is 0.207. The van der Waals surface area contributed by atoms with Crippen LogP contribution in [-0.4, -0.2) is 15.6 Å². The van der Waals surface area contributed by atoms with E-state index in [1.165, 1.54) is 18.3 Å². The van der Waals surface area contributed by atoms with Crippen LogP contribution >= 0.6 is 0 Å². The van der Waals surface area contributed by atoms with Crippen LogP contribution in [0.15, 0.2) is 54.7 Å². The number of para-hydroxylation sites is 1. The fourth-order valence-electron chi connectivity index (χ4n) is 2.56. The van der Waals surface area contributed by atoms with Crippen molar-refractivity contribution < 1.29 is 18.7 Å². The summed E-state index contributed by atoms with van der Waals surface area (Å²) in [4.78, 5) is 10.8. The van der Waals surface area contributed by atoms with Crippen molar-refractivity contribution >= 4 is 16.9 Å². The molecule has 0 amide bonds. The first-order valence-corrected chi connectivity index (χ1v) is 6.75. The van der Waals surface area contributed by atoms with Gasteiger partial charge in [0.15, 0.2) is 0 Å². The van der Waals surface area contributed by atoms with Gasteiger partial charge in [-0.2, -0.15) is 8.78 Å². The average molecular weight is 301 g/mol. The van der Waals surface area contributed by atoms with Gasteiger partial charge in [-0.3, -0.25) is 4.57 Å². The largest absolute Gasteiger partial charge is 0.478 e. The zero-order chi connectivity index (χ0) is 15.7. The van der Waals surface area contributed by atoms with Crippen LogP contribution in [0.1, 0.15) is 28.0 Å². The van der Waals surface area contributed by atoms with Crippen LogP contribution in [0.3, 0.4) is 0 Å². The number of rotatable bonds is 4. The van der Waals surface area contributed by atoms with Crippen molar-refractivity contribution in [2.24, 2.45) is 0 Å². The number of hydrogen-bond acceptors (Lipinski definition) is 1. The molecule has 0 saturated heterocycles. The Bertz CT molecular complexity index is 822. The SMILES string of the molecule is O=C(O)c1ccc(Cc2cn(C(F)F)c3ccccc23)cc1. The number of alkyl halides is 2. The van der Waals surface area contributed by atoms with Crippen LogP contribution in [0, 0.1) is 0 Å². The lowest BCUT2D eigenvalue weighted by molar-refractivity contribution is 0.0696. The molecule has 22 heavy (non-hydrogen) atoms. The third-order valence-corrected chi connectivity index (χ3v) is 3.63. The third kappa shape index (κ3) is 2.57. The molecule has 0 unspecified atom stereocenters. The highest BCUT2D eigenvalue weighted by atomic mass is 19.3. The summed E-state index contributed by atoms with van der Waals surface area (Å²) >= 11 is 0. The fraction of sp³-hybridized carbons (Fsp3) is 0.118. The highest BCUT2D eigenvalue weighted by Crippen LogP contribution is 2.27. The van der Waals surface area contributed by atoms with E-state index in [1.807, 2.05) is 12.1 Å². The Kier molecular flexibility index (Phi) is 3.63. The molecule has 3 nitrogen and oxygen atoms in total. The second-order valence-corrected chi connectivity index (χ2v) is 5.04. The first-order valence-electron chi connectivity index (χ1n) is 6.75. The monoisotopic (exact) mass is 301 g/mol. The average Bonchev–Trinajstić information content (AvgIpc) is 2.87. The smallest absolute Gasteiger partial charge is 0.335 e. The van der Waals surface area contributed by atoms with Crippen LogP contribution in [-0.2, 0) is 6.42 Å². The van der Waals surface area contributed by atoms with Crippen LogP contribution in [0.4, 0.5) is 8.78 Å². The highest BCUT2D eigenvalue weighted by molar-refractivity contribution is 5.87. The molecule has 1 heterocycles. The Hall–Kier alpha value is -2.69. The maximum Gasteiger partial charge on any atom is 0.335 e. The van der Waals surface area contributed by atoms with Gasteiger partial charge in [-0.05, 0) is 35.7 Å². The lowest BCUT2D eigenvalue weighted by Crippen LogP contribution is -1.96. The molecule has 0 spiro atoms. The van der Waals surface area contributed by atoms with Gasteiger partial charge in [-0.15, -0.1) is 0 Å². The summed E-state index contributed by atoms with van der Waals surface area (Å²) in [6, 6.07) is 13.5. The number of halogens is 2. The summed E-state index contributed by atoms with van der Waals surface area (Å²) < 4.78 is 27.1. The number of fused-ring (bicyclic) bond motifs is 1. The molecule has 3 rings (SSSR count). The summed E-state index contributed by atoms with van der Waals surface area (Å²) in [5.74, 6) is -0.985. The molecule has 0 aliphatic rings. The van der Waals surface area contributed by atoms with Crippen LogP contribution in [0.5, 0.6) is 0 Å². The van der Waals surface area contributed by atoms with E-state index < -0.39 is 12.5 Å². The predicted molar refractivity (Wildman–Crippen MR) is 79.4 cm³/mol. The topological polar surface area (TPSA) is 42.2 Å². The molecule has 0 bridgehead atoms. The van der Waals surface area contributed by atoms with Crippen molar-refractivity contribution in [3.8, 4) is 0 Å². The van der Waals surface area contributed by atoms with Crippen LogP contribution in [0.2, 0.25) is 0 Å². The molecular weight excluding hydrogens is 288 g/mol. The number of carboxylic acids is 1. The Morgan fingerprint density at radius 1 is 1.09 bits per heavy atom. The third-order valence-electron chi connectivity index (χ3n) is 3.63. The van der Waals surface area contributed by atoms with Crippen molar-refractivity contribution in [2.75, 3.05) is 0 Å². The molecule has 1 aromatic heterocycles. The second-order valence-electron chi connectivity index (χ2n) is 5.04. The number of aromatic carboxylic acids is 1. The molecule has 0 fully saturated rings. The van der Waals surface area contributed by atoms with Crippen molar-refractivity contribution in [1.82, 2.24) is 4.57 Å². The van der Waals surface area contributed by atoms with Gasteiger partial charge in [0.1, 0.15) is 0 Å². The predicted octanol–water partition coefficient (Wildman–Crippen LogP) is 4.33. The summed E-state index contributed by atoms with van der Waals surface area (Å²) in [6.45, 7) is -2.59. The van der Waals surface area contributed by atoms with E-state index in [9.17, 15) is 13.6 Å². The van der Waals surface area contributed by atoms with E-state index in [1.54, 1.807) is 24.3 Å². The number of benzene rings is 2. The Morgan fingerprint density at radius 2 is 1.77 bits per heavy atom. The first-order chi connectivity index (χ1) is 10.6. The van der Waals surface area contributed by atoms with Crippen molar-refractivity contribution in [3.63, 3.8) is 0 Å². The van der Waals surface area contributed by atoms with Crippen LogP contribution < -0.4 is 0 Å². The van der Waals surface area contributed by atoms with Gasteiger partial charge in [0, 0.05) is 11.6 Å². The molecule has 1 N–H and O–H groups in total. The van der Waals surface area contributed by atoms with E-state index in [2.05, 4.69) is 0 Å². The van der Waals surface area contributed by atoms with Gasteiger partial charge in [0.25, 0.3) is 0 Å². The van der Waals surface area contributed by atoms with Crippen molar-refractivity contribution in [2.45, 2.75) is 13.0 Å². The van der Waals surface area contributed by atoms with Gasteiger partial charge in [-0.25, -0.2) is 4.79 Å². The van der Waals surface area contributed by atoms with E-state index in [0.717, 1.165) is 21.1 Å².